The van der Waals surface area contributed by atoms with Gasteiger partial charge in [0, 0.05) is 19.1 Å². The van der Waals surface area contributed by atoms with Gasteiger partial charge in [-0.1, -0.05) is 85.9 Å². The number of hydrogen-bond donors (Lipinski definition) is 5. The minimum Gasteiger partial charge on any atom is -0.363 e. The van der Waals surface area contributed by atoms with Gasteiger partial charge in [-0.2, -0.15) is 0 Å². The SMILES string of the molecule is CC(C)[C@@H](CNS(=O)(=O)c1ccccc1)NC(=O)N[C@H](C(=O)N1C[C@H]2[C@@H]([C@H]1C(=O)NC(CC1CCC1)C(=O)C(N)=O)C2(C)C)C(C)(C)C. The first-order valence-electron chi connectivity index (χ1n) is 16.8. The summed E-state index contributed by atoms with van der Waals surface area (Å²) in [6.45, 7) is 13.4. The van der Waals surface area contributed by atoms with Crippen LogP contribution in [-0.4, -0.2) is 80.1 Å². The number of nitrogens with zero attached hydrogens (tertiary/aromatic N) is 1. The normalized spacial score (nSPS) is 23.7. The number of nitrogens with one attached hydrogen (secondary N) is 4. The Hall–Kier alpha value is -3.52. The molecule has 4 rings (SSSR count). The van der Waals surface area contributed by atoms with Crippen LogP contribution in [0, 0.1) is 34.5 Å². The molecule has 0 bridgehead atoms. The molecule has 1 aromatic rings. The number of carbonyl (C=O) groups is 5. The predicted molar refractivity (Wildman–Crippen MR) is 180 cm³/mol. The largest absolute Gasteiger partial charge is 0.363 e. The average molecular weight is 689 g/mol. The Labute approximate surface area is 283 Å². The number of carbonyl (C=O) groups excluding carboxylic acids is 5. The molecule has 1 unspecified atom stereocenters. The monoisotopic (exact) mass is 688 g/mol. The summed E-state index contributed by atoms with van der Waals surface area (Å²) < 4.78 is 28.1. The van der Waals surface area contributed by atoms with Crippen LogP contribution in [0.4, 0.5) is 4.79 Å². The van der Waals surface area contributed by atoms with E-state index in [1.165, 1.54) is 17.0 Å². The van der Waals surface area contributed by atoms with E-state index in [0.717, 1.165) is 19.3 Å². The smallest absolute Gasteiger partial charge is 0.315 e. The number of benzene rings is 1. The molecule has 0 aromatic heterocycles. The van der Waals surface area contributed by atoms with Crippen molar-refractivity contribution >= 4 is 39.6 Å². The maximum atomic E-state index is 14.3. The Morgan fingerprint density at radius 2 is 1.62 bits per heavy atom. The van der Waals surface area contributed by atoms with Crippen LogP contribution in [0.5, 0.6) is 0 Å². The lowest BCUT2D eigenvalue weighted by molar-refractivity contribution is -0.145. The molecular formula is C34H52N6O7S. The van der Waals surface area contributed by atoms with Crippen LogP contribution in [0.25, 0.3) is 0 Å². The van der Waals surface area contributed by atoms with Crippen molar-refractivity contribution in [2.75, 3.05) is 13.1 Å². The van der Waals surface area contributed by atoms with Gasteiger partial charge in [-0.3, -0.25) is 19.2 Å². The molecule has 3 fully saturated rings. The Balaban J connectivity index is 1.48. The van der Waals surface area contributed by atoms with Crippen molar-refractivity contribution in [3.63, 3.8) is 0 Å². The summed E-state index contributed by atoms with van der Waals surface area (Å²) >= 11 is 0. The summed E-state index contributed by atoms with van der Waals surface area (Å²) in [6.07, 6.45) is 3.15. The van der Waals surface area contributed by atoms with E-state index in [1.54, 1.807) is 39.0 Å². The van der Waals surface area contributed by atoms with E-state index in [-0.39, 0.29) is 40.5 Å². The fourth-order valence-electron chi connectivity index (χ4n) is 7.03. The number of nitrogens with two attached hydrogens (primary N) is 1. The van der Waals surface area contributed by atoms with Crippen LogP contribution in [0.3, 0.4) is 0 Å². The lowest BCUT2D eigenvalue weighted by atomic mass is 9.80. The third kappa shape index (κ3) is 8.19. The highest BCUT2D eigenvalue weighted by atomic mass is 32.2. The van der Waals surface area contributed by atoms with E-state index in [0.29, 0.717) is 13.0 Å². The third-order valence-electron chi connectivity index (χ3n) is 10.5. The number of piperidine rings is 1. The van der Waals surface area contributed by atoms with Crippen molar-refractivity contribution in [1.29, 1.82) is 0 Å². The number of fused-ring (bicyclic) bond motifs is 1. The van der Waals surface area contributed by atoms with Gasteiger partial charge in [-0.15, -0.1) is 0 Å². The second-order valence-corrected chi connectivity index (χ2v) is 17.4. The molecular weight excluding hydrogens is 636 g/mol. The number of Topliss-reactive ketones (excluding diaryl/α,β-unsaturated/α-hetero) is 1. The molecule has 0 spiro atoms. The molecule has 6 atom stereocenters. The van der Waals surface area contributed by atoms with E-state index in [4.69, 9.17) is 5.73 Å². The van der Waals surface area contributed by atoms with Crippen LogP contribution in [0.15, 0.2) is 35.2 Å². The highest BCUT2D eigenvalue weighted by Gasteiger charge is 2.70. The molecule has 2 saturated carbocycles. The molecule has 5 amide bonds. The van der Waals surface area contributed by atoms with Gasteiger partial charge in [0.2, 0.25) is 27.6 Å². The van der Waals surface area contributed by atoms with Gasteiger partial charge in [-0.05, 0) is 53.1 Å². The molecule has 1 saturated heterocycles. The van der Waals surface area contributed by atoms with Gasteiger partial charge in [0.1, 0.15) is 12.1 Å². The highest BCUT2D eigenvalue weighted by molar-refractivity contribution is 7.89. The molecule has 14 heteroatoms. The van der Waals surface area contributed by atoms with Crippen LogP contribution in [0.1, 0.15) is 74.1 Å². The Bertz CT molecular complexity index is 1500. The molecule has 1 heterocycles. The molecule has 13 nitrogen and oxygen atoms in total. The summed E-state index contributed by atoms with van der Waals surface area (Å²) in [6, 6.07) is 3.66. The van der Waals surface area contributed by atoms with E-state index in [1.807, 2.05) is 27.7 Å². The summed E-state index contributed by atoms with van der Waals surface area (Å²) in [5, 5.41) is 8.41. The Kier molecular flexibility index (Phi) is 11.0. The van der Waals surface area contributed by atoms with Gasteiger partial charge in [0.25, 0.3) is 5.91 Å². The van der Waals surface area contributed by atoms with E-state index < -0.39 is 69.1 Å². The maximum absolute atomic E-state index is 14.3. The molecule has 48 heavy (non-hydrogen) atoms. The Morgan fingerprint density at radius 1 is 1.00 bits per heavy atom. The van der Waals surface area contributed by atoms with Crippen molar-refractivity contribution in [1.82, 2.24) is 25.6 Å². The van der Waals surface area contributed by atoms with Crippen molar-refractivity contribution in [2.45, 2.75) is 103 Å². The first-order valence-corrected chi connectivity index (χ1v) is 18.3. The highest BCUT2D eigenvalue weighted by Crippen LogP contribution is 2.65. The number of amides is 5. The number of sulfonamides is 1. The topological polar surface area (TPSA) is 197 Å². The number of ketones is 1. The number of primary amides is 1. The molecule has 2 aliphatic carbocycles. The minimum absolute atomic E-state index is 0.0477. The third-order valence-corrected chi connectivity index (χ3v) is 11.9. The zero-order valence-electron chi connectivity index (χ0n) is 29.0. The second kappa shape index (κ2) is 14.1. The molecule has 1 aliphatic heterocycles. The fourth-order valence-corrected chi connectivity index (χ4v) is 8.11. The van der Waals surface area contributed by atoms with Gasteiger partial charge < -0.3 is 26.6 Å². The quantitative estimate of drug-likeness (QED) is 0.184. The molecule has 266 valence electrons. The lowest BCUT2D eigenvalue weighted by Gasteiger charge is -2.38. The van der Waals surface area contributed by atoms with Crippen molar-refractivity contribution in [3.05, 3.63) is 30.3 Å². The average Bonchev–Trinajstić information content (AvgIpc) is 3.29. The summed E-state index contributed by atoms with van der Waals surface area (Å²) in [5.41, 5.74) is 4.34. The minimum atomic E-state index is -3.81. The fraction of sp³-hybridized carbons (Fsp3) is 0.676. The number of rotatable bonds is 14. The number of urea groups is 1. The number of hydrogen-bond acceptors (Lipinski definition) is 7. The zero-order chi connectivity index (χ0) is 35.8. The molecule has 3 aliphatic rings. The maximum Gasteiger partial charge on any atom is 0.315 e. The summed E-state index contributed by atoms with van der Waals surface area (Å²) in [5.74, 6) is -2.98. The summed E-state index contributed by atoms with van der Waals surface area (Å²) in [7, 11) is -3.81. The van der Waals surface area contributed by atoms with E-state index >= 15 is 0 Å². The Morgan fingerprint density at radius 3 is 2.15 bits per heavy atom. The van der Waals surface area contributed by atoms with Crippen molar-refractivity contribution in [2.24, 2.45) is 40.2 Å². The zero-order valence-corrected chi connectivity index (χ0v) is 29.9. The second-order valence-electron chi connectivity index (χ2n) is 15.6. The van der Waals surface area contributed by atoms with Crippen LogP contribution >= 0.6 is 0 Å². The van der Waals surface area contributed by atoms with Gasteiger partial charge >= 0.3 is 6.03 Å². The first kappa shape index (κ1) is 37.3. The van der Waals surface area contributed by atoms with Crippen molar-refractivity contribution in [3.8, 4) is 0 Å². The number of likely N-dealkylation sites (tertiary alicyclic amines) is 1. The standard InChI is InChI=1S/C34H52N6O7S/c1-19(2)24(17-36-48(46,47)21-14-9-8-10-15-21)38-32(45)39-28(33(3,4)5)31(44)40-18-22-25(34(22,6)7)26(40)30(43)37-23(27(41)29(35)42)16-20-12-11-13-20/h8-10,14-15,19-20,22-26,28,36H,11-13,16-18H2,1-7H3,(H2,35,42)(H,37,43)(H2,38,39,45)/t22-,23?,24+,25-,26-,28+/m0/s1. The van der Waals surface area contributed by atoms with Crippen LogP contribution in [-0.2, 0) is 29.2 Å². The molecule has 0 radical (unpaired) electrons. The molecule has 1 aromatic carbocycles. The van der Waals surface area contributed by atoms with Gasteiger partial charge in [0.05, 0.1) is 10.9 Å². The lowest BCUT2D eigenvalue weighted by Crippen LogP contribution is -2.62. The van der Waals surface area contributed by atoms with Crippen molar-refractivity contribution < 1.29 is 32.4 Å². The van der Waals surface area contributed by atoms with E-state index in [2.05, 4.69) is 20.7 Å². The van der Waals surface area contributed by atoms with Gasteiger partial charge in [0.15, 0.2) is 0 Å². The van der Waals surface area contributed by atoms with Crippen LogP contribution < -0.4 is 26.4 Å². The van der Waals surface area contributed by atoms with Crippen LogP contribution in [0.2, 0.25) is 0 Å². The van der Waals surface area contributed by atoms with Gasteiger partial charge in [-0.25, -0.2) is 17.9 Å². The predicted octanol–water partition coefficient (Wildman–Crippen LogP) is 1.92. The molecule has 6 N–H and O–H groups in total. The summed E-state index contributed by atoms with van der Waals surface area (Å²) in [4.78, 5) is 67.8. The van der Waals surface area contributed by atoms with E-state index in [9.17, 15) is 32.4 Å². The first-order chi connectivity index (χ1) is 22.3.